The van der Waals surface area contributed by atoms with E-state index < -0.39 is 5.82 Å². The van der Waals surface area contributed by atoms with Crippen LogP contribution in [0.1, 0.15) is 15.9 Å². The summed E-state index contributed by atoms with van der Waals surface area (Å²) in [7, 11) is 0. The summed E-state index contributed by atoms with van der Waals surface area (Å²) in [5.74, 6) is -0.834. The first-order chi connectivity index (χ1) is 7.70. The number of benzene rings is 2. The van der Waals surface area contributed by atoms with Crippen LogP contribution in [0.3, 0.4) is 0 Å². The standard InChI is InChI=1S/C13H10FNO/c14-11-8-4-7-10(12(11)15)13(16)9-5-2-1-3-6-9/h1-8H,15H2. The summed E-state index contributed by atoms with van der Waals surface area (Å²) in [5, 5.41) is 0. The van der Waals surface area contributed by atoms with Gasteiger partial charge in [-0.2, -0.15) is 0 Å². The van der Waals surface area contributed by atoms with Crippen molar-refractivity contribution in [2.45, 2.75) is 0 Å². The van der Waals surface area contributed by atoms with E-state index in [1.165, 1.54) is 18.2 Å². The van der Waals surface area contributed by atoms with Gasteiger partial charge in [0.15, 0.2) is 5.78 Å². The maximum Gasteiger partial charge on any atom is 0.195 e. The Hall–Kier alpha value is -2.16. The molecule has 0 heterocycles. The van der Waals surface area contributed by atoms with Crippen molar-refractivity contribution in [2.75, 3.05) is 5.73 Å². The molecule has 2 aromatic carbocycles. The van der Waals surface area contributed by atoms with E-state index in [1.807, 2.05) is 6.07 Å². The number of nitrogen functional groups attached to an aromatic ring is 1. The van der Waals surface area contributed by atoms with Crippen LogP contribution in [-0.4, -0.2) is 5.78 Å². The Morgan fingerprint density at radius 2 is 1.69 bits per heavy atom. The first-order valence-corrected chi connectivity index (χ1v) is 4.84. The van der Waals surface area contributed by atoms with E-state index in [0.29, 0.717) is 5.56 Å². The number of anilines is 1. The smallest absolute Gasteiger partial charge is 0.195 e. The number of halogens is 1. The average molecular weight is 215 g/mol. The third-order valence-electron chi connectivity index (χ3n) is 2.33. The lowest BCUT2D eigenvalue weighted by Gasteiger charge is -2.05. The molecule has 0 aliphatic heterocycles. The number of carbonyl (C=O) groups is 1. The Morgan fingerprint density at radius 3 is 2.38 bits per heavy atom. The number of carbonyl (C=O) groups excluding carboxylic acids is 1. The van der Waals surface area contributed by atoms with Crippen molar-refractivity contribution in [3.63, 3.8) is 0 Å². The van der Waals surface area contributed by atoms with E-state index in [4.69, 9.17) is 5.73 Å². The second-order valence-electron chi connectivity index (χ2n) is 3.40. The number of rotatable bonds is 2. The summed E-state index contributed by atoms with van der Waals surface area (Å²) < 4.78 is 13.2. The molecule has 0 saturated heterocycles. The molecular weight excluding hydrogens is 205 g/mol. The van der Waals surface area contributed by atoms with Gasteiger partial charge in [0.1, 0.15) is 5.82 Å². The minimum absolute atomic E-state index is 0.101. The van der Waals surface area contributed by atoms with E-state index in [0.717, 1.165) is 0 Å². The molecule has 0 aliphatic rings. The molecule has 80 valence electrons. The molecule has 0 aromatic heterocycles. The number of para-hydroxylation sites is 1. The lowest BCUT2D eigenvalue weighted by molar-refractivity contribution is 0.103. The predicted octanol–water partition coefficient (Wildman–Crippen LogP) is 2.64. The van der Waals surface area contributed by atoms with Gasteiger partial charge < -0.3 is 5.73 Å². The number of nitrogens with two attached hydrogens (primary N) is 1. The summed E-state index contributed by atoms with van der Waals surface area (Å²) in [6.45, 7) is 0. The van der Waals surface area contributed by atoms with Crippen LogP contribution >= 0.6 is 0 Å². The van der Waals surface area contributed by atoms with Crippen molar-refractivity contribution in [2.24, 2.45) is 0 Å². The maximum absolute atomic E-state index is 13.2. The molecule has 0 unspecified atom stereocenters. The zero-order valence-corrected chi connectivity index (χ0v) is 8.48. The van der Waals surface area contributed by atoms with Gasteiger partial charge >= 0.3 is 0 Å². The van der Waals surface area contributed by atoms with Gasteiger partial charge in [0.25, 0.3) is 0 Å². The molecule has 0 fully saturated rings. The van der Waals surface area contributed by atoms with E-state index in [1.54, 1.807) is 24.3 Å². The summed E-state index contributed by atoms with van der Waals surface area (Å²) in [4.78, 5) is 12.0. The van der Waals surface area contributed by atoms with Gasteiger partial charge in [-0.25, -0.2) is 4.39 Å². The maximum atomic E-state index is 13.2. The molecule has 0 aliphatic carbocycles. The highest BCUT2D eigenvalue weighted by atomic mass is 19.1. The Balaban J connectivity index is 2.46. The van der Waals surface area contributed by atoms with Crippen LogP contribution in [0.15, 0.2) is 48.5 Å². The van der Waals surface area contributed by atoms with Crippen molar-refractivity contribution >= 4 is 11.5 Å². The predicted molar refractivity (Wildman–Crippen MR) is 60.7 cm³/mol. The molecule has 2 N–H and O–H groups in total. The minimum atomic E-state index is -0.568. The molecule has 2 aromatic rings. The van der Waals surface area contributed by atoms with E-state index in [9.17, 15) is 9.18 Å². The zero-order chi connectivity index (χ0) is 11.5. The van der Waals surface area contributed by atoms with Crippen LogP contribution in [0.2, 0.25) is 0 Å². The molecule has 0 radical (unpaired) electrons. The van der Waals surface area contributed by atoms with Crippen molar-refractivity contribution in [3.8, 4) is 0 Å². The van der Waals surface area contributed by atoms with Crippen LogP contribution in [0.5, 0.6) is 0 Å². The molecule has 0 saturated carbocycles. The van der Waals surface area contributed by atoms with Gasteiger partial charge in [-0.05, 0) is 12.1 Å². The van der Waals surface area contributed by atoms with Gasteiger partial charge in [0.2, 0.25) is 0 Å². The quantitative estimate of drug-likeness (QED) is 0.618. The summed E-state index contributed by atoms with van der Waals surface area (Å²) >= 11 is 0. The molecule has 0 amide bonds. The van der Waals surface area contributed by atoms with Gasteiger partial charge in [0, 0.05) is 11.1 Å². The lowest BCUT2D eigenvalue weighted by Crippen LogP contribution is -2.06. The molecule has 0 atom stereocenters. The van der Waals surface area contributed by atoms with Crippen LogP contribution in [0.4, 0.5) is 10.1 Å². The molecular formula is C13H10FNO. The highest BCUT2D eigenvalue weighted by Gasteiger charge is 2.13. The molecule has 16 heavy (non-hydrogen) atoms. The van der Waals surface area contributed by atoms with Crippen molar-refractivity contribution in [3.05, 3.63) is 65.5 Å². The minimum Gasteiger partial charge on any atom is -0.396 e. The third-order valence-corrected chi connectivity index (χ3v) is 2.33. The van der Waals surface area contributed by atoms with Gasteiger partial charge in [-0.3, -0.25) is 4.79 Å². The number of hydrogen-bond acceptors (Lipinski definition) is 2. The number of ketones is 1. The summed E-state index contributed by atoms with van der Waals surface area (Å²) in [6.07, 6.45) is 0. The normalized spacial score (nSPS) is 10.1. The fraction of sp³-hybridized carbons (Fsp3) is 0. The molecule has 2 nitrogen and oxygen atoms in total. The second-order valence-corrected chi connectivity index (χ2v) is 3.40. The first-order valence-electron chi connectivity index (χ1n) is 4.84. The number of hydrogen-bond donors (Lipinski definition) is 1. The summed E-state index contributed by atoms with van der Waals surface area (Å²) in [6, 6.07) is 12.9. The summed E-state index contributed by atoms with van der Waals surface area (Å²) in [5.41, 5.74) is 6.12. The molecule has 2 rings (SSSR count). The van der Waals surface area contributed by atoms with Crippen LogP contribution in [-0.2, 0) is 0 Å². The van der Waals surface area contributed by atoms with Gasteiger partial charge in [-0.15, -0.1) is 0 Å². The van der Waals surface area contributed by atoms with Crippen molar-refractivity contribution < 1.29 is 9.18 Å². The lowest BCUT2D eigenvalue weighted by atomic mass is 10.0. The van der Waals surface area contributed by atoms with E-state index >= 15 is 0 Å². The Kier molecular flexibility index (Phi) is 2.68. The van der Waals surface area contributed by atoms with Crippen molar-refractivity contribution in [1.29, 1.82) is 0 Å². The van der Waals surface area contributed by atoms with Crippen molar-refractivity contribution in [1.82, 2.24) is 0 Å². The topological polar surface area (TPSA) is 43.1 Å². The van der Waals surface area contributed by atoms with Gasteiger partial charge in [-0.1, -0.05) is 36.4 Å². The van der Waals surface area contributed by atoms with E-state index in [-0.39, 0.29) is 17.0 Å². The zero-order valence-electron chi connectivity index (χ0n) is 8.48. The molecule has 0 bridgehead atoms. The fourth-order valence-corrected chi connectivity index (χ4v) is 1.48. The fourth-order valence-electron chi connectivity index (χ4n) is 1.48. The SMILES string of the molecule is Nc1c(F)cccc1C(=O)c1ccccc1. The van der Waals surface area contributed by atoms with E-state index in [2.05, 4.69) is 0 Å². The Morgan fingerprint density at radius 1 is 1.00 bits per heavy atom. The largest absolute Gasteiger partial charge is 0.396 e. The average Bonchev–Trinajstić information content (AvgIpc) is 2.33. The second kappa shape index (κ2) is 4.14. The van der Waals surface area contributed by atoms with Crippen LogP contribution < -0.4 is 5.73 Å². The van der Waals surface area contributed by atoms with Gasteiger partial charge in [0.05, 0.1) is 5.69 Å². The first kappa shape index (κ1) is 10.4. The van der Waals surface area contributed by atoms with Crippen LogP contribution in [0, 0.1) is 5.82 Å². The Bertz CT molecular complexity index is 523. The highest BCUT2D eigenvalue weighted by molar-refractivity contribution is 6.12. The molecule has 3 heteroatoms. The third kappa shape index (κ3) is 1.80. The Labute approximate surface area is 92.5 Å². The monoisotopic (exact) mass is 215 g/mol. The van der Waals surface area contributed by atoms with Crippen LogP contribution in [0.25, 0.3) is 0 Å². The highest BCUT2D eigenvalue weighted by Crippen LogP contribution is 2.19. The molecule has 0 spiro atoms.